The Balaban J connectivity index is 0.000000807. The normalized spacial score (nSPS) is 39.5. The summed E-state index contributed by atoms with van der Waals surface area (Å²) >= 11 is 0. The summed E-state index contributed by atoms with van der Waals surface area (Å²) in [6.07, 6.45) is 10.6. The van der Waals surface area contributed by atoms with Crippen LogP contribution in [0.4, 0.5) is 0 Å². The lowest BCUT2D eigenvalue weighted by molar-refractivity contribution is -0.142. The highest BCUT2D eigenvalue weighted by molar-refractivity contribution is 5.85. The third-order valence-electron chi connectivity index (χ3n) is 5.45. The average Bonchev–Trinajstić information content (AvgIpc) is 2.35. The molecule has 1 aromatic heterocycles. The highest BCUT2D eigenvalue weighted by atomic mass is 35.5. The first-order valence-electron chi connectivity index (χ1n) is 7.51. The number of aliphatic hydroxyl groups is 1. The largest absolute Gasteiger partial charge is 0.390 e. The van der Waals surface area contributed by atoms with Crippen molar-refractivity contribution in [3.05, 3.63) is 30.1 Å². The van der Waals surface area contributed by atoms with Gasteiger partial charge in [-0.1, -0.05) is 0 Å². The summed E-state index contributed by atoms with van der Waals surface area (Å²) < 4.78 is 0. The van der Waals surface area contributed by atoms with Gasteiger partial charge in [-0.3, -0.25) is 4.98 Å². The maximum Gasteiger partial charge on any atom is 0.0670 e. The van der Waals surface area contributed by atoms with Gasteiger partial charge >= 0.3 is 0 Å². The van der Waals surface area contributed by atoms with Gasteiger partial charge in [-0.2, -0.15) is 0 Å². The van der Waals surface area contributed by atoms with Crippen LogP contribution in [0.2, 0.25) is 0 Å². The molecule has 4 aliphatic rings. The molecule has 1 aromatic rings. The zero-order chi connectivity index (χ0) is 12.9. The van der Waals surface area contributed by atoms with Crippen molar-refractivity contribution in [1.29, 1.82) is 0 Å². The number of hydrogen-bond acceptors (Lipinski definition) is 3. The Labute approximate surface area is 138 Å². The number of nitrogens with zero attached hydrogens (tertiary/aromatic N) is 1. The van der Waals surface area contributed by atoms with Crippen LogP contribution < -0.4 is 5.32 Å². The van der Waals surface area contributed by atoms with Crippen molar-refractivity contribution < 1.29 is 5.11 Å². The summed E-state index contributed by atoms with van der Waals surface area (Å²) in [7, 11) is 0. The van der Waals surface area contributed by atoms with Gasteiger partial charge in [0.15, 0.2) is 0 Å². The molecular formula is C16H24Cl2N2O. The zero-order valence-electron chi connectivity index (χ0n) is 12.1. The minimum absolute atomic E-state index is 0. The van der Waals surface area contributed by atoms with Crippen LogP contribution in [-0.2, 0) is 6.54 Å². The average molecular weight is 331 g/mol. The lowest BCUT2D eigenvalue weighted by Gasteiger charge is -2.60. The maximum absolute atomic E-state index is 10.7. The summed E-state index contributed by atoms with van der Waals surface area (Å²) in [4.78, 5) is 4.06. The topological polar surface area (TPSA) is 45.1 Å². The van der Waals surface area contributed by atoms with E-state index in [0.717, 1.165) is 37.6 Å². The van der Waals surface area contributed by atoms with Gasteiger partial charge in [-0.15, -0.1) is 24.8 Å². The van der Waals surface area contributed by atoms with Crippen molar-refractivity contribution in [2.75, 3.05) is 0 Å². The van der Waals surface area contributed by atoms with Gasteiger partial charge in [0.05, 0.1) is 5.60 Å². The number of rotatable bonds is 3. The number of pyridine rings is 1. The molecule has 2 unspecified atom stereocenters. The number of aromatic nitrogens is 1. The number of hydrogen-bond donors (Lipinski definition) is 2. The molecule has 21 heavy (non-hydrogen) atoms. The standard InChI is InChI=1S/C16H22N2O.2ClH/c19-16-8-13-5-14(9-16)7-15(6-13,11-16)18-10-12-1-3-17-4-2-12;;/h1-4,13-14,18-19H,5-11H2;2*1H. The van der Waals surface area contributed by atoms with E-state index in [2.05, 4.69) is 22.4 Å². The molecule has 5 heteroatoms. The van der Waals surface area contributed by atoms with Crippen molar-refractivity contribution >= 4 is 24.8 Å². The monoisotopic (exact) mass is 330 g/mol. The van der Waals surface area contributed by atoms with E-state index in [0.29, 0.717) is 0 Å². The second-order valence-corrected chi connectivity index (χ2v) is 7.17. The van der Waals surface area contributed by atoms with E-state index in [1.165, 1.54) is 24.8 Å². The zero-order valence-corrected chi connectivity index (χ0v) is 13.8. The van der Waals surface area contributed by atoms with Crippen molar-refractivity contribution in [1.82, 2.24) is 10.3 Å². The van der Waals surface area contributed by atoms with Crippen LogP contribution in [-0.4, -0.2) is 21.2 Å². The SMILES string of the molecule is Cl.Cl.OC12CC3CC(C1)CC(NCc1ccncc1)(C3)C2. The summed E-state index contributed by atoms with van der Waals surface area (Å²) in [5, 5.41) is 14.5. The Hall–Kier alpha value is -0.350. The minimum Gasteiger partial charge on any atom is -0.390 e. The number of halogens is 2. The van der Waals surface area contributed by atoms with E-state index >= 15 is 0 Å². The first-order chi connectivity index (χ1) is 9.15. The summed E-state index contributed by atoms with van der Waals surface area (Å²) in [6.45, 7) is 0.901. The fraction of sp³-hybridized carbons (Fsp3) is 0.688. The quantitative estimate of drug-likeness (QED) is 0.895. The molecular weight excluding hydrogens is 307 g/mol. The van der Waals surface area contributed by atoms with Gasteiger partial charge in [0.2, 0.25) is 0 Å². The smallest absolute Gasteiger partial charge is 0.0670 e. The summed E-state index contributed by atoms with van der Waals surface area (Å²) in [5.41, 5.74) is 1.12. The molecule has 4 aliphatic carbocycles. The van der Waals surface area contributed by atoms with Crippen molar-refractivity contribution in [2.24, 2.45) is 11.8 Å². The molecule has 118 valence electrons. The van der Waals surface area contributed by atoms with Crippen molar-refractivity contribution in [3.8, 4) is 0 Å². The first-order valence-corrected chi connectivity index (χ1v) is 7.51. The van der Waals surface area contributed by atoms with Crippen LogP contribution in [0.1, 0.15) is 44.1 Å². The fourth-order valence-corrected chi connectivity index (χ4v) is 5.21. The van der Waals surface area contributed by atoms with E-state index in [1.54, 1.807) is 0 Å². The van der Waals surface area contributed by atoms with Gasteiger partial charge in [0.25, 0.3) is 0 Å². The van der Waals surface area contributed by atoms with Gasteiger partial charge in [-0.25, -0.2) is 0 Å². The molecule has 4 bridgehead atoms. The molecule has 4 fully saturated rings. The molecule has 5 rings (SSSR count). The molecule has 2 atom stereocenters. The molecule has 0 spiro atoms. The predicted octanol–water partition coefficient (Wildman–Crippen LogP) is 3.10. The van der Waals surface area contributed by atoms with Crippen LogP contribution in [0.15, 0.2) is 24.5 Å². The first kappa shape index (κ1) is 17.0. The van der Waals surface area contributed by atoms with E-state index in [-0.39, 0.29) is 36.0 Å². The highest BCUT2D eigenvalue weighted by Crippen LogP contribution is 2.57. The van der Waals surface area contributed by atoms with Gasteiger partial charge in [-0.05, 0) is 68.1 Å². The van der Waals surface area contributed by atoms with E-state index < -0.39 is 0 Å². The fourth-order valence-electron chi connectivity index (χ4n) is 5.21. The van der Waals surface area contributed by atoms with Crippen LogP contribution in [0, 0.1) is 11.8 Å². The third-order valence-corrected chi connectivity index (χ3v) is 5.45. The Morgan fingerprint density at radius 2 is 1.71 bits per heavy atom. The van der Waals surface area contributed by atoms with Crippen LogP contribution >= 0.6 is 24.8 Å². The van der Waals surface area contributed by atoms with Crippen molar-refractivity contribution in [2.45, 2.75) is 56.2 Å². The maximum atomic E-state index is 10.7. The lowest BCUT2D eigenvalue weighted by atomic mass is 9.51. The summed E-state index contributed by atoms with van der Waals surface area (Å²) in [5.74, 6) is 1.49. The Morgan fingerprint density at radius 3 is 2.29 bits per heavy atom. The molecule has 0 aliphatic heterocycles. The Kier molecular flexibility index (Phi) is 4.89. The van der Waals surface area contributed by atoms with E-state index in [1.807, 2.05) is 12.4 Å². The lowest BCUT2D eigenvalue weighted by Crippen LogP contribution is -2.64. The Bertz CT molecular complexity index is 468. The third kappa shape index (κ3) is 3.21. The van der Waals surface area contributed by atoms with Gasteiger partial charge < -0.3 is 10.4 Å². The predicted molar refractivity (Wildman–Crippen MR) is 87.9 cm³/mol. The molecule has 0 amide bonds. The van der Waals surface area contributed by atoms with Crippen molar-refractivity contribution in [3.63, 3.8) is 0 Å². The van der Waals surface area contributed by atoms with E-state index in [9.17, 15) is 5.11 Å². The van der Waals surface area contributed by atoms with Gasteiger partial charge in [0.1, 0.15) is 0 Å². The van der Waals surface area contributed by atoms with E-state index in [4.69, 9.17) is 0 Å². The van der Waals surface area contributed by atoms with Crippen LogP contribution in [0.3, 0.4) is 0 Å². The molecule has 2 N–H and O–H groups in total. The molecule has 0 radical (unpaired) electrons. The second kappa shape index (κ2) is 6.04. The number of nitrogens with one attached hydrogen (secondary N) is 1. The second-order valence-electron chi connectivity index (χ2n) is 7.17. The molecule has 0 saturated heterocycles. The molecule has 1 heterocycles. The van der Waals surface area contributed by atoms with Crippen LogP contribution in [0.5, 0.6) is 0 Å². The minimum atomic E-state index is -0.366. The Morgan fingerprint density at radius 1 is 1.10 bits per heavy atom. The summed E-state index contributed by atoms with van der Waals surface area (Å²) in [6, 6.07) is 4.14. The van der Waals surface area contributed by atoms with Gasteiger partial charge in [0, 0.05) is 24.5 Å². The highest BCUT2D eigenvalue weighted by Gasteiger charge is 2.56. The molecule has 4 saturated carbocycles. The molecule has 0 aromatic carbocycles. The van der Waals surface area contributed by atoms with Crippen LogP contribution in [0.25, 0.3) is 0 Å². The molecule has 3 nitrogen and oxygen atoms in total.